The molecule has 2 N–H and O–H groups in total. The Hall–Kier alpha value is -1.46. The Morgan fingerprint density at radius 2 is 2.40 bits per heavy atom. The summed E-state index contributed by atoms with van der Waals surface area (Å²) < 4.78 is 4.80. The molecule has 0 amide bonds. The summed E-state index contributed by atoms with van der Waals surface area (Å²) in [5.41, 5.74) is 7.74. The summed E-state index contributed by atoms with van der Waals surface area (Å²) in [6, 6.07) is 4.35. The van der Waals surface area contributed by atoms with Gasteiger partial charge in [0.2, 0.25) is 0 Å². The smallest absolute Gasteiger partial charge is 0.307 e. The molecule has 0 aliphatic carbocycles. The van der Waals surface area contributed by atoms with Crippen LogP contribution < -0.4 is 5.73 Å². The van der Waals surface area contributed by atoms with Crippen LogP contribution in [-0.2, 0) is 22.6 Å². The number of ether oxygens (including phenoxy) is 1. The molecule has 5 nitrogen and oxygen atoms in total. The van der Waals surface area contributed by atoms with Crippen LogP contribution >= 0.6 is 0 Å². The van der Waals surface area contributed by atoms with E-state index in [1.807, 2.05) is 12.1 Å². The van der Waals surface area contributed by atoms with Gasteiger partial charge in [0.15, 0.2) is 0 Å². The van der Waals surface area contributed by atoms with E-state index in [0.717, 1.165) is 25.2 Å². The van der Waals surface area contributed by atoms with E-state index in [-0.39, 0.29) is 12.0 Å². The molecule has 1 atom stereocenters. The molecule has 0 bridgehead atoms. The summed E-state index contributed by atoms with van der Waals surface area (Å²) in [6.45, 7) is 2.33. The fourth-order valence-electron chi connectivity index (χ4n) is 2.75. The van der Waals surface area contributed by atoms with Crippen LogP contribution in [0.1, 0.15) is 36.9 Å². The van der Waals surface area contributed by atoms with Gasteiger partial charge in [0, 0.05) is 25.3 Å². The van der Waals surface area contributed by atoms with Crippen LogP contribution in [0.2, 0.25) is 0 Å². The molecular formula is C15H23N3O2. The van der Waals surface area contributed by atoms with Crippen molar-refractivity contribution in [2.24, 2.45) is 5.73 Å². The summed E-state index contributed by atoms with van der Waals surface area (Å²) >= 11 is 0. The third-order valence-corrected chi connectivity index (χ3v) is 3.85. The third-order valence-electron chi connectivity index (χ3n) is 3.85. The highest BCUT2D eigenvalue weighted by Gasteiger charge is 2.25. The number of likely N-dealkylation sites (tertiary alicyclic amines) is 1. The Kier molecular flexibility index (Phi) is 5.49. The highest BCUT2D eigenvalue weighted by Crippen LogP contribution is 2.22. The first-order valence-electron chi connectivity index (χ1n) is 7.17. The number of piperidine rings is 1. The normalized spacial score (nSPS) is 19.8. The number of aromatic nitrogens is 1. The molecule has 5 heteroatoms. The van der Waals surface area contributed by atoms with Crippen LogP contribution in [0.5, 0.6) is 0 Å². The number of hydrogen-bond donors (Lipinski definition) is 1. The Bertz CT molecular complexity index is 450. The minimum Gasteiger partial charge on any atom is -0.469 e. The van der Waals surface area contributed by atoms with Crippen molar-refractivity contribution in [3.05, 3.63) is 29.6 Å². The zero-order chi connectivity index (χ0) is 14.4. The van der Waals surface area contributed by atoms with E-state index in [1.165, 1.54) is 25.5 Å². The third kappa shape index (κ3) is 4.02. The lowest BCUT2D eigenvalue weighted by Gasteiger charge is -2.35. The molecule has 110 valence electrons. The van der Waals surface area contributed by atoms with E-state index in [0.29, 0.717) is 13.0 Å². The average molecular weight is 277 g/mol. The predicted molar refractivity (Wildman–Crippen MR) is 76.8 cm³/mol. The topological polar surface area (TPSA) is 68.5 Å². The lowest BCUT2D eigenvalue weighted by molar-refractivity contribution is -0.142. The molecule has 1 fully saturated rings. The first-order chi connectivity index (χ1) is 9.72. The van der Waals surface area contributed by atoms with Gasteiger partial charge in [-0.3, -0.25) is 14.7 Å². The maximum atomic E-state index is 11.5. The van der Waals surface area contributed by atoms with Crippen LogP contribution in [0.25, 0.3) is 0 Å². The lowest BCUT2D eigenvalue weighted by Crippen LogP contribution is -2.40. The van der Waals surface area contributed by atoms with Gasteiger partial charge in [-0.25, -0.2) is 0 Å². The Labute approximate surface area is 120 Å². The number of rotatable bonds is 5. The summed E-state index contributed by atoms with van der Waals surface area (Å²) in [5.74, 6) is -0.126. The first kappa shape index (κ1) is 14.9. The lowest BCUT2D eigenvalue weighted by atomic mass is 9.98. The van der Waals surface area contributed by atoms with Gasteiger partial charge in [-0.05, 0) is 37.1 Å². The van der Waals surface area contributed by atoms with Gasteiger partial charge >= 0.3 is 5.97 Å². The molecule has 1 unspecified atom stereocenters. The summed E-state index contributed by atoms with van der Waals surface area (Å²) in [6.07, 6.45) is 5.71. The number of methoxy groups -OCH3 is 1. The van der Waals surface area contributed by atoms with Crippen molar-refractivity contribution in [2.75, 3.05) is 13.7 Å². The van der Waals surface area contributed by atoms with Gasteiger partial charge in [-0.15, -0.1) is 0 Å². The number of nitrogens with two attached hydrogens (primary N) is 1. The van der Waals surface area contributed by atoms with Gasteiger partial charge in [0.1, 0.15) is 0 Å². The molecule has 2 rings (SSSR count). The highest BCUT2D eigenvalue weighted by atomic mass is 16.5. The van der Waals surface area contributed by atoms with Crippen LogP contribution in [-0.4, -0.2) is 35.5 Å². The molecular weight excluding hydrogens is 254 g/mol. The van der Waals surface area contributed by atoms with E-state index in [2.05, 4.69) is 9.88 Å². The second-order valence-electron chi connectivity index (χ2n) is 5.26. The van der Waals surface area contributed by atoms with Crippen LogP contribution in [0.15, 0.2) is 18.3 Å². The Morgan fingerprint density at radius 3 is 3.15 bits per heavy atom. The molecule has 1 aromatic heterocycles. The van der Waals surface area contributed by atoms with Crippen molar-refractivity contribution < 1.29 is 9.53 Å². The molecule has 0 radical (unpaired) electrons. The number of nitrogens with zero attached hydrogens (tertiary/aromatic N) is 2. The summed E-state index contributed by atoms with van der Waals surface area (Å²) in [7, 11) is 1.45. The quantitative estimate of drug-likeness (QED) is 0.825. The molecule has 1 saturated heterocycles. The molecule has 1 aliphatic heterocycles. The minimum absolute atomic E-state index is 0.126. The number of esters is 1. The van der Waals surface area contributed by atoms with Crippen LogP contribution in [0.3, 0.4) is 0 Å². The maximum Gasteiger partial charge on any atom is 0.307 e. The monoisotopic (exact) mass is 277 g/mol. The summed E-state index contributed by atoms with van der Waals surface area (Å²) in [5, 5.41) is 0. The number of carbonyl (C=O) groups excluding carboxylic acids is 1. The van der Waals surface area contributed by atoms with E-state index in [1.54, 1.807) is 6.20 Å². The number of pyridine rings is 1. The second kappa shape index (κ2) is 7.36. The van der Waals surface area contributed by atoms with Gasteiger partial charge in [0.05, 0.1) is 19.2 Å². The Morgan fingerprint density at radius 1 is 1.55 bits per heavy atom. The molecule has 2 heterocycles. The standard InChI is InChI=1S/C15H23N3O2/c1-20-15(19)9-14-4-2-3-7-18(14)11-12-5-6-17-13(8-12)10-16/h5-6,8,14H,2-4,7,9-11,16H2,1H3. The fraction of sp³-hybridized carbons (Fsp3) is 0.600. The maximum absolute atomic E-state index is 11.5. The van der Waals surface area contributed by atoms with Crippen molar-refractivity contribution >= 4 is 5.97 Å². The summed E-state index contributed by atoms with van der Waals surface area (Å²) in [4.78, 5) is 18.1. The highest BCUT2D eigenvalue weighted by molar-refractivity contribution is 5.69. The van der Waals surface area contributed by atoms with Crippen LogP contribution in [0, 0.1) is 0 Å². The minimum atomic E-state index is -0.126. The van der Waals surface area contributed by atoms with Gasteiger partial charge in [0.25, 0.3) is 0 Å². The van der Waals surface area contributed by atoms with E-state index >= 15 is 0 Å². The van der Waals surface area contributed by atoms with Gasteiger partial charge < -0.3 is 10.5 Å². The largest absolute Gasteiger partial charge is 0.469 e. The van der Waals surface area contributed by atoms with Crippen molar-refractivity contribution in [2.45, 2.75) is 44.8 Å². The SMILES string of the molecule is COC(=O)CC1CCCCN1Cc1ccnc(CN)c1. The second-order valence-corrected chi connectivity index (χ2v) is 5.26. The van der Waals surface area contributed by atoms with Gasteiger partial charge in [-0.2, -0.15) is 0 Å². The molecule has 0 spiro atoms. The van der Waals surface area contributed by atoms with Crippen molar-refractivity contribution in [1.29, 1.82) is 0 Å². The molecule has 0 aromatic carbocycles. The zero-order valence-corrected chi connectivity index (χ0v) is 12.0. The average Bonchev–Trinajstić information content (AvgIpc) is 2.49. The van der Waals surface area contributed by atoms with E-state index in [4.69, 9.17) is 10.5 Å². The van der Waals surface area contributed by atoms with E-state index in [9.17, 15) is 4.79 Å². The van der Waals surface area contributed by atoms with Crippen molar-refractivity contribution in [1.82, 2.24) is 9.88 Å². The molecule has 1 aliphatic rings. The molecule has 20 heavy (non-hydrogen) atoms. The number of carbonyl (C=O) groups is 1. The van der Waals surface area contributed by atoms with E-state index < -0.39 is 0 Å². The molecule has 1 aromatic rings. The number of hydrogen-bond acceptors (Lipinski definition) is 5. The van der Waals surface area contributed by atoms with Crippen molar-refractivity contribution in [3.63, 3.8) is 0 Å². The fourth-order valence-corrected chi connectivity index (χ4v) is 2.75. The first-order valence-corrected chi connectivity index (χ1v) is 7.17. The van der Waals surface area contributed by atoms with Crippen LogP contribution in [0.4, 0.5) is 0 Å². The molecule has 0 saturated carbocycles. The predicted octanol–water partition coefficient (Wildman–Crippen LogP) is 1.46. The zero-order valence-electron chi connectivity index (χ0n) is 12.0. The van der Waals surface area contributed by atoms with Gasteiger partial charge in [-0.1, -0.05) is 6.42 Å². The Balaban J connectivity index is 2.02. The van der Waals surface area contributed by atoms with Crippen molar-refractivity contribution in [3.8, 4) is 0 Å².